The number of esters is 1. The van der Waals surface area contributed by atoms with E-state index in [-0.39, 0.29) is 23.0 Å². The van der Waals surface area contributed by atoms with Gasteiger partial charge >= 0.3 is 16.6 Å². The highest BCUT2D eigenvalue weighted by Gasteiger charge is 2.36. The Balaban J connectivity index is 1.61. The maximum absolute atomic E-state index is 13.5. The van der Waals surface area contributed by atoms with Crippen molar-refractivity contribution in [1.82, 2.24) is 5.27 Å². The number of ether oxygens (including phenoxy) is 1. The van der Waals surface area contributed by atoms with Crippen LogP contribution in [0.25, 0.3) is 5.69 Å². The lowest BCUT2D eigenvalue weighted by Gasteiger charge is -2.33. The molecule has 0 fully saturated rings. The predicted molar refractivity (Wildman–Crippen MR) is 145 cm³/mol. The number of anilines is 1. The minimum atomic E-state index is -0.579. The van der Waals surface area contributed by atoms with Crippen LogP contribution < -0.4 is 15.6 Å². The first-order valence-corrected chi connectivity index (χ1v) is 14.3. The Morgan fingerprint density at radius 2 is 2.00 bits per heavy atom. The molecule has 0 bridgehead atoms. The predicted octanol–water partition coefficient (Wildman–Crippen LogP) is 5.14. The lowest BCUT2D eigenvalue weighted by atomic mass is 9.72. The second-order valence-corrected chi connectivity index (χ2v) is 12.5. The number of para-hydroxylation sites is 1. The van der Waals surface area contributed by atoms with Crippen molar-refractivity contribution in [3.8, 4) is 5.69 Å². The fourth-order valence-corrected chi connectivity index (χ4v) is 6.90. The number of aromatic nitrogens is 2. The summed E-state index contributed by atoms with van der Waals surface area (Å²) in [6.07, 6.45) is 3.12. The summed E-state index contributed by atoms with van der Waals surface area (Å²) < 4.78 is 11.9. The third-order valence-electron chi connectivity index (χ3n) is 6.75. The largest absolute Gasteiger partial charge is 0.462 e. The topological polar surface area (TPSA) is 105 Å². The van der Waals surface area contributed by atoms with Crippen molar-refractivity contribution < 1.29 is 23.5 Å². The lowest BCUT2D eigenvalue weighted by molar-refractivity contribution is -0.704. The van der Waals surface area contributed by atoms with E-state index in [1.54, 1.807) is 6.92 Å². The van der Waals surface area contributed by atoms with E-state index in [9.17, 15) is 14.4 Å². The maximum Gasteiger partial charge on any atom is 0.442 e. The van der Waals surface area contributed by atoms with E-state index in [2.05, 4.69) is 31.4 Å². The third kappa shape index (κ3) is 5.85. The highest BCUT2D eigenvalue weighted by atomic mass is 32.2. The van der Waals surface area contributed by atoms with Crippen molar-refractivity contribution in [3.05, 3.63) is 56.8 Å². The normalized spacial score (nSPS) is 16.2. The minimum Gasteiger partial charge on any atom is -0.462 e. The summed E-state index contributed by atoms with van der Waals surface area (Å²) in [5, 5.41) is 5.85. The van der Waals surface area contributed by atoms with Gasteiger partial charge in [-0.05, 0) is 71.2 Å². The summed E-state index contributed by atoms with van der Waals surface area (Å²) in [6, 6.07) is 9.26. The number of amides is 1. The standard InChI is InChI=1S/C27H33N3O5S2/c1-6-19(37-24-26(33)35-29-30(24)17-11-9-8-10-12-17)22(31)28-23-21(25(32)34-7-2)18-14-13-16(27(3,4)5)15-20(18)36-23/h8-12,16,19H,6-7,13-15H2,1-5H3,(H-,28,29,31,32,33)/p+1. The van der Waals surface area contributed by atoms with Gasteiger partial charge in [0.25, 0.3) is 0 Å². The van der Waals surface area contributed by atoms with Crippen molar-refractivity contribution in [3.63, 3.8) is 0 Å². The van der Waals surface area contributed by atoms with Gasteiger partial charge in [-0.2, -0.15) is 0 Å². The number of nitrogens with zero attached hydrogens (tertiary/aromatic N) is 1. The van der Waals surface area contributed by atoms with Crippen LogP contribution in [0.1, 0.15) is 68.3 Å². The Kier molecular flexibility index (Phi) is 8.28. The van der Waals surface area contributed by atoms with E-state index in [1.807, 2.05) is 37.3 Å². The number of carbonyl (C=O) groups is 2. The van der Waals surface area contributed by atoms with Crippen molar-refractivity contribution in [1.29, 1.82) is 0 Å². The van der Waals surface area contributed by atoms with Gasteiger partial charge in [-0.15, -0.1) is 11.3 Å². The van der Waals surface area contributed by atoms with Gasteiger partial charge in [0.05, 0.1) is 17.4 Å². The molecular weight excluding hydrogens is 510 g/mol. The molecule has 2 heterocycles. The summed E-state index contributed by atoms with van der Waals surface area (Å²) >= 11 is 2.61. The van der Waals surface area contributed by atoms with Gasteiger partial charge in [0.1, 0.15) is 5.00 Å². The molecule has 2 atom stereocenters. The number of rotatable bonds is 8. The van der Waals surface area contributed by atoms with Crippen LogP contribution in [0.15, 0.2) is 44.7 Å². The summed E-state index contributed by atoms with van der Waals surface area (Å²) in [5.41, 5.74) is 1.79. The fraction of sp³-hybridized carbons (Fsp3) is 0.481. The highest BCUT2D eigenvalue weighted by molar-refractivity contribution is 8.00. The summed E-state index contributed by atoms with van der Waals surface area (Å²) in [5.74, 6) is -0.180. The molecular formula is C27H34N3O5S2+. The molecule has 8 nitrogen and oxygen atoms in total. The Hall–Kier alpha value is -2.85. The van der Waals surface area contributed by atoms with E-state index in [4.69, 9.17) is 9.26 Å². The summed E-state index contributed by atoms with van der Waals surface area (Å²) in [7, 11) is 0. The Labute approximate surface area is 224 Å². The smallest absolute Gasteiger partial charge is 0.442 e. The van der Waals surface area contributed by atoms with Crippen LogP contribution in [0.3, 0.4) is 0 Å². The molecule has 2 N–H and O–H groups in total. The number of thioether (sulfide) groups is 1. The number of fused-ring (bicyclic) bond motifs is 1. The van der Waals surface area contributed by atoms with Gasteiger partial charge < -0.3 is 10.1 Å². The zero-order valence-corrected chi connectivity index (χ0v) is 23.5. The Morgan fingerprint density at radius 3 is 2.65 bits per heavy atom. The van der Waals surface area contributed by atoms with Crippen molar-refractivity contribution >= 4 is 40.0 Å². The van der Waals surface area contributed by atoms with Crippen LogP contribution in [0.2, 0.25) is 0 Å². The number of H-pyrrole nitrogens is 1. The molecule has 0 aliphatic heterocycles. The van der Waals surface area contributed by atoms with Crippen LogP contribution in [0.4, 0.5) is 5.00 Å². The van der Waals surface area contributed by atoms with E-state index in [0.717, 1.165) is 47.2 Å². The number of thiophene rings is 1. The van der Waals surface area contributed by atoms with Crippen molar-refractivity contribution in [2.75, 3.05) is 11.9 Å². The van der Waals surface area contributed by atoms with Gasteiger partial charge in [-0.25, -0.2) is 9.59 Å². The third-order valence-corrected chi connectivity index (χ3v) is 9.32. The molecule has 1 aliphatic carbocycles. The molecule has 0 radical (unpaired) electrons. The van der Waals surface area contributed by atoms with Crippen LogP contribution in [0, 0.1) is 11.3 Å². The monoisotopic (exact) mass is 544 g/mol. The molecule has 1 aromatic carbocycles. The van der Waals surface area contributed by atoms with Gasteiger partial charge in [-0.3, -0.25) is 9.32 Å². The van der Waals surface area contributed by atoms with Crippen molar-refractivity contribution in [2.24, 2.45) is 11.3 Å². The molecule has 4 rings (SSSR count). The molecule has 2 aromatic heterocycles. The SMILES string of the molecule is CCOC(=O)c1c(NC(=O)C(CC)Sc2c(=O)o[nH][n+]2-c2ccccc2)sc2c1CCC(C(C)(C)C)C2. The molecule has 37 heavy (non-hydrogen) atoms. The Morgan fingerprint density at radius 1 is 1.27 bits per heavy atom. The molecule has 0 saturated heterocycles. The average Bonchev–Trinajstić information content (AvgIpc) is 3.41. The first kappa shape index (κ1) is 27.2. The lowest BCUT2D eigenvalue weighted by Crippen LogP contribution is -2.37. The van der Waals surface area contributed by atoms with E-state index in [0.29, 0.717) is 22.9 Å². The maximum atomic E-state index is 13.5. The van der Waals surface area contributed by atoms with E-state index < -0.39 is 16.8 Å². The zero-order chi connectivity index (χ0) is 26.7. The quantitative estimate of drug-likeness (QED) is 0.231. The molecule has 0 spiro atoms. The van der Waals surface area contributed by atoms with Gasteiger partial charge in [0.2, 0.25) is 11.6 Å². The van der Waals surface area contributed by atoms with Crippen LogP contribution in [-0.4, -0.2) is 29.0 Å². The molecule has 1 aliphatic rings. The molecule has 3 aromatic rings. The number of hydrogen-bond donors (Lipinski definition) is 2. The second-order valence-electron chi connectivity index (χ2n) is 10.2. The summed E-state index contributed by atoms with van der Waals surface area (Å²) in [4.78, 5) is 40.0. The molecule has 2 unspecified atom stereocenters. The number of benzene rings is 1. The first-order valence-electron chi connectivity index (χ1n) is 12.6. The van der Waals surface area contributed by atoms with Gasteiger partial charge in [0.15, 0.2) is 0 Å². The first-order chi connectivity index (χ1) is 17.6. The molecule has 10 heteroatoms. The van der Waals surface area contributed by atoms with Gasteiger partial charge in [0, 0.05) is 17.0 Å². The minimum absolute atomic E-state index is 0.158. The van der Waals surface area contributed by atoms with E-state index in [1.165, 1.54) is 16.0 Å². The van der Waals surface area contributed by atoms with Crippen molar-refractivity contribution in [2.45, 2.75) is 70.6 Å². The average molecular weight is 545 g/mol. The fourth-order valence-electron chi connectivity index (χ4n) is 4.59. The number of carbonyl (C=O) groups excluding carboxylic acids is 2. The number of nitrogens with one attached hydrogen (secondary N) is 2. The number of hydrogen-bond acceptors (Lipinski definition) is 7. The van der Waals surface area contributed by atoms with Gasteiger partial charge in [-0.1, -0.05) is 45.9 Å². The zero-order valence-electron chi connectivity index (χ0n) is 21.9. The second kappa shape index (κ2) is 11.3. The molecule has 198 valence electrons. The number of aromatic amines is 1. The van der Waals surface area contributed by atoms with E-state index >= 15 is 0 Å². The molecule has 1 amide bonds. The highest BCUT2D eigenvalue weighted by Crippen LogP contribution is 2.44. The Bertz CT molecular complexity index is 1320. The summed E-state index contributed by atoms with van der Waals surface area (Å²) in [6.45, 7) is 10.7. The van der Waals surface area contributed by atoms with Crippen LogP contribution in [-0.2, 0) is 22.4 Å². The van der Waals surface area contributed by atoms with Crippen LogP contribution in [0.5, 0.6) is 0 Å². The van der Waals surface area contributed by atoms with Crippen LogP contribution >= 0.6 is 23.1 Å². The molecule has 0 saturated carbocycles.